The molecule has 0 aliphatic heterocycles. The lowest BCUT2D eigenvalue weighted by Gasteiger charge is -2.60. The SMILES string of the molecule is CCC(CC)NC(CC)c1cccc(OCC[C@]23CCC4C(CCC5CC(=O)CC[C@@]54C)C2CC[C@@H]3OC)c1. The molecule has 0 aromatic heterocycles. The monoisotopic (exact) mass is 537 g/mol. The third-order valence-corrected chi connectivity index (χ3v) is 12.3. The minimum atomic E-state index is 0.240. The number of Topliss-reactive ketones (excluding diaryl/α,β-unsaturated/α-hetero) is 1. The molecule has 5 rings (SSSR count). The molecule has 0 heterocycles. The molecule has 4 aliphatic carbocycles. The lowest BCUT2D eigenvalue weighted by molar-refractivity contribution is -0.148. The maximum Gasteiger partial charge on any atom is 0.133 e. The summed E-state index contributed by atoms with van der Waals surface area (Å²) in [5.74, 6) is 4.45. The van der Waals surface area contributed by atoms with Gasteiger partial charge < -0.3 is 14.8 Å². The molecule has 4 nitrogen and oxygen atoms in total. The van der Waals surface area contributed by atoms with E-state index in [2.05, 4.69) is 57.3 Å². The van der Waals surface area contributed by atoms with Gasteiger partial charge in [0.15, 0.2) is 0 Å². The van der Waals surface area contributed by atoms with Gasteiger partial charge in [0.05, 0.1) is 12.7 Å². The maximum absolute atomic E-state index is 12.3. The highest BCUT2D eigenvalue weighted by Crippen LogP contribution is 2.67. The van der Waals surface area contributed by atoms with Gasteiger partial charge in [-0.05, 0) is 117 Å². The van der Waals surface area contributed by atoms with Gasteiger partial charge in [0.2, 0.25) is 0 Å². The van der Waals surface area contributed by atoms with Crippen LogP contribution in [-0.4, -0.2) is 31.6 Å². The zero-order chi connectivity index (χ0) is 27.6. The molecule has 1 aromatic rings. The lowest BCUT2D eigenvalue weighted by atomic mass is 9.44. The predicted molar refractivity (Wildman–Crippen MR) is 159 cm³/mol. The van der Waals surface area contributed by atoms with Crippen LogP contribution in [0.25, 0.3) is 0 Å². The molecule has 218 valence electrons. The Balaban J connectivity index is 1.27. The van der Waals surface area contributed by atoms with Gasteiger partial charge in [-0.15, -0.1) is 0 Å². The number of ether oxygens (including phenoxy) is 2. The van der Waals surface area contributed by atoms with Gasteiger partial charge in [-0.25, -0.2) is 0 Å². The summed E-state index contributed by atoms with van der Waals surface area (Å²) in [5.41, 5.74) is 1.94. The fourth-order valence-corrected chi connectivity index (χ4v) is 10.1. The molecular formula is C35H55NO3. The molecule has 8 atom stereocenters. The number of methoxy groups -OCH3 is 1. The van der Waals surface area contributed by atoms with E-state index in [0.29, 0.717) is 35.3 Å². The van der Waals surface area contributed by atoms with Crippen LogP contribution < -0.4 is 10.1 Å². The molecule has 0 radical (unpaired) electrons. The third kappa shape index (κ3) is 5.46. The van der Waals surface area contributed by atoms with Gasteiger partial charge in [0.25, 0.3) is 0 Å². The molecule has 4 saturated carbocycles. The molecule has 4 aliphatic rings. The van der Waals surface area contributed by atoms with Crippen molar-refractivity contribution in [2.45, 2.75) is 129 Å². The lowest BCUT2D eigenvalue weighted by Crippen LogP contribution is -2.55. The summed E-state index contributed by atoms with van der Waals surface area (Å²) in [6.07, 6.45) is 15.2. The first kappa shape index (κ1) is 29.1. The number of benzene rings is 1. The number of carbonyl (C=O) groups excluding carboxylic acids is 1. The van der Waals surface area contributed by atoms with Crippen molar-refractivity contribution < 1.29 is 14.3 Å². The maximum atomic E-state index is 12.3. The van der Waals surface area contributed by atoms with E-state index < -0.39 is 0 Å². The Hall–Kier alpha value is -1.39. The number of hydrogen-bond acceptors (Lipinski definition) is 4. The van der Waals surface area contributed by atoms with Crippen LogP contribution in [-0.2, 0) is 9.53 Å². The average molecular weight is 538 g/mol. The Morgan fingerprint density at radius 3 is 2.56 bits per heavy atom. The molecule has 0 saturated heterocycles. The summed E-state index contributed by atoms with van der Waals surface area (Å²) < 4.78 is 12.8. The van der Waals surface area contributed by atoms with Gasteiger partial charge in [-0.3, -0.25) is 4.79 Å². The molecule has 1 aromatic carbocycles. The molecular weight excluding hydrogens is 482 g/mol. The van der Waals surface area contributed by atoms with E-state index in [0.717, 1.165) is 75.1 Å². The number of carbonyl (C=O) groups is 1. The van der Waals surface area contributed by atoms with Crippen LogP contribution in [0.3, 0.4) is 0 Å². The Kier molecular flexibility index (Phi) is 9.13. The van der Waals surface area contributed by atoms with Crippen LogP contribution in [0.15, 0.2) is 24.3 Å². The molecule has 1 N–H and O–H groups in total. The zero-order valence-corrected chi connectivity index (χ0v) is 25.5. The summed E-state index contributed by atoms with van der Waals surface area (Å²) in [6.45, 7) is 10.1. The third-order valence-electron chi connectivity index (χ3n) is 12.3. The minimum absolute atomic E-state index is 0.240. The number of nitrogens with one attached hydrogen (secondary N) is 1. The summed E-state index contributed by atoms with van der Waals surface area (Å²) in [5, 5.41) is 3.86. The molecule has 39 heavy (non-hydrogen) atoms. The Morgan fingerprint density at radius 2 is 1.82 bits per heavy atom. The number of hydrogen-bond donors (Lipinski definition) is 1. The summed E-state index contributed by atoms with van der Waals surface area (Å²) in [6, 6.07) is 9.75. The van der Waals surface area contributed by atoms with Crippen LogP contribution in [0.2, 0.25) is 0 Å². The Bertz CT molecular complexity index is 974. The highest BCUT2D eigenvalue weighted by Gasteiger charge is 2.61. The normalized spacial score (nSPS) is 36.8. The van der Waals surface area contributed by atoms with Gasteiger partial charge in [-0.2, -0.15) is 0 Å². The van der Waals surface area contributed by atoms with Crippen molar-refractivity contribution in [3.8, 4) is 5.75 Å². The number of fused-ring (bicyclic) bond motifs is 5. The number of ketones is 1. The first-order chi connectivity index (χ1) is 18.9. The summed E-state index contributed by atoms with van der Waals surface area (Å²) in [4.78, 5) is 12.3. The van der Waals surface area contributed by atoms with Gasteiger partial charge in [0.1, 0.15) is 11.5 Å². The van der Waals surface area contributed by atoms with Crippen molar-refractivity contribution in [3.63, 3.8) is 0 Å². The second-order valence-electron chi connectivity index (χ2n) is 13.8. The van der Waals surface area contributed by atoms with E-state index in [1.165, 1.54) is 44.1 Å². The van der Waals surface area contributed by atoms with E-state index in [9.17, 15) is 4.79 Å². The fourth-order valence-electron chi connectivity index (χ4n) is 10.1. The van der Waals surface area contributed by atoms with E-state index in [1.807, 2.05) is 7.11 Å². The molecule has 0 spiro atoms. The van der Waals surface area contributed by atoms with Gasteiger partial charge in [-0.1, -0.05) is 39.8 Å². The summed E-state index contributed by atoms with van der Waals surface area (Å²) >= 11 is 0. The van der Waals surface area contributed by atoms with Crippen molar-refractivity contribution in [2.24, 2.45) is 34.5 Å². The number of rotatable bonds is 11. The van der Waals surface area contributed by atoms with E-state index in [4.69, 9.17) is 9.47 Å². The quantitative estimate of drug-likeness (QED) is 0.308. The van der Waals surface area contributed by atoms with Gasteiger partial charge >= 0.3 is 0 Å². The predicted octanol–water partition coefficient (Wildman–Crippen LogP) is 8.29. The van der Waals surface area contributed by atoms with Crippen molar-refractivity contribution in [1.29, 1.82) is 0 Å². The first-order valence-corrected chi connectivity index (χ1v) is 16.4. The highest BCUT2D eigenvalue weighted by molar-refractivity contribution is 5.79. The Labute approximate surface area is 238 Å². The zero-order valence-electron chi connectivity index (χ0n) is 25.5. The van der Waals surface area contributed by atoms with E-state index in [-0.39, 0.29) is 5.41 Å². The topological polar surface area (TPSA) is 47.6 Å². The fraction of sp³-hybridized carbons (Fsp3) is 0.800. The molecule has 4 heteroatoms. The molecule has 4 fully saturated rings. The smallest absolute Gasteiger partial charge is 0.133 e. The molecule has 0 amide bonds. The highest BCUT2D eigenvalue weighted by atomic mass is 16.5. The van der Waals surface area contributed by atoms with Crippen LogP contribution in [0.5, 0.6) is 5.75 Å². The van der Waals surface area contributed by atoms with Crippen LogP contribution in [0.1, 0.15) is 123 Å². The van der Waals surface area contributed by atoms with E-state index >= 15 is 0 Å². The minimum Gasteiger partial charge on any atom is -0.494 e. The van der Waals surface area contributed by atoms with Crippen molar-refractivity contribution in [1.82, 2.24) is 5.32 Å². The van der Waals surface area contributed by atoms with Crippen LogP contribution in [0, 0.1) is 34.5 Å². The van der Waals surface area contributed by atoms with Gasteiger partial charge in [0, 0.05) is 37.5 Å². The van der Waals surface area contributed by atoms with Crippen molar-refractivity contribution in [3.05, 3.63) is 29.8 Å². The van der Waals surface area contributed by atoms with Crippen LogP contribution >= 0.6 is 0 Å². The first-order valence-electron chi connectivity index (χ1n) is 16.4. The largest absolute Gasteiger partial charge is 0.494 e. The van der Waals surface area contributed by atoms with E-state index in [1.54, 1.807) is 0 Å². The molecule has 0 bridgehead atoms. The summed E-state index contributed by atoms with van der Waals surface area (Å²) in [7, 11) is 1.94. The second-order valence-corrected chi connectivity index (χ2v) is 13.8. The standard InChI is InChI=1S/C35H55NO3/c1-6-26(7-2)36-32(8-3)24-10-9-11-28(22-24)39-21-20-35-19-17-30-29(31(35)14-15-33(35)38-5)13-12-25-23-27(37)16-18-34(25,30)4/h9-11,22,25-26,29-33,36H,6-8,12-21,23H2,1-5H3/t25?,29?,30?,31?,32?,33-,34-,35+/m0/s1. The Morgan fingerprint density at radius 1 is 1.00 bits per heavy atom. The second kappa shape index (κ2) is 12.2. The van der Waals surface area contributed by atoms with Crippen LogP contribution in [0.4, 0.5) is 0 Å². The molecule has 5 unspecified atom stereocenters. The van der Waals surface area contributed by atoms with Crippen molar-refractivity contribution in [2.75, 3.05) is 13.7 Å². The van der Waals surface area contributed by atoms with Crippen molar-refractivity contribution >= 4 is 5.78 Å². The average Bonchev–Trinajstić information content (AvgIpc) is 3.33.